The second-order valence-corrected chi connectivity index (χ2v) is 9.35. The lowest BCUT2D eigenvalue weighted by molar-refractivity contribution is -0.137. The Morgan fingerprint density at radius 3 is 2.61 bits per heavy atom. The number of benzene rings is 1. The highest BCUT2D eigenvalue weighted by atomic mass is 35.5. The number of halogens is 5. The van der Waals surface area contributed by atoms with Gasteiger partial charge in [-0.3, -0.25) is 14.7 Å². The van der Waals surface area contributed by atoms with Gasteiger partial charge in [-0.1, -0.05) is 23.2 Å². The molecule has 0 radical (unpaired) electrons. The van der Waals surface area contributed by atoms with Crippen molar-refractivity contribution < 1.29 is 26.7 Å². The number of aliphatic hydroxyl groups is 1. The van der Waals surface area contributed by atoms with Crippen molar-refractivity contribution in [1.82, 2.24) is 4.98 Å². The fourth-order valence-electron chi connectivity index (χ4n) is 2.97. The van der Waals surface area contributed by atoms with Gasteiger partial charge in [0.25, 0.3) is 10.0 Å². The van der Waals surface area contributed by atoms with Crippen molar-refractivity contribution in [3.8, 4) is 0 Å². The Hall–Kier alpha value is -2.14. The van der Waals surface area contributed by atoms with Crippen LogP contribution < -0.4 is 4.72 Å². The third-order valence-electron chi connectivity index (χ3n) is 4.45. The Labute approximate surface area is 186 Å². The van der Waals surface area contributed by atoms with Crippen LogP contribution in [0.5, 0.6) is 0 Å². The minimum Gasteiger partial charge on any atom is -0.382 e. The van der Waals surface area contributed by atoms with Crippen LogP contribution in [-0.2, 0) is 16.2 Å². The normalized spacial score (nSPS) is 17.9. The Balaban J connectivity index is 2.00. The monoisotopic (exact) mass is 493 g/mol. The molecular weight excluding hydrogens is 478 g/mol. The lowest BCUT2D eigenvalue weighted by Crippen LogP contribution is -2.19. The number of hydrogen-bond acceptors (Lipinski definition) is 5. The maximum absolute atomic E-state index is 13.1. The number of aliphatic hydroxyl groups excluding tert-OH is 1. The van der Waals surface area contributed by atoms with E-state index in [0.717, 1.165) is 12.1 Å². The third kappa shape index (κ3) is 5.38. The molecule has 2 unspecified atom stereocenters. The lowest BCUT2D eigenvalue weighted by atomic mass is 9.97. The first kappa shape index (κ1) is 23.5. The SMILES string of the molecule is CC1CC(C(O)c2ncc(Cl)cc2NS(=O)(=O)c2ccc(Cl)c(C(F)(F)F)c2)=CC=N1. The molecule has 12 heteroatoms. The molecule has 1 aliphatic rings. The molecule has 0 spiro atoms. The molecule has 0 saturated carbocycles. The molecule has 6 nitrogen and oxygen atoms in total. The van der Waals surface area contributed by atoms with E-state index in [1.165, 1.54) is 18.5 Å². The third-order valence-corrected chi connectivity index (χ3v) is 6.35. The van der Waals surface area contributed by atoms with Gasteiger partial charge in [-0.15, -0.1) is 0 Å². The van der Waals surface area contributed by atoms with Gasteiger partial charge < -0.3 is 5.11 Å². The van der Waals surface area contributed by atoms with Crippen LogP contribution in [0.25, 0.3) is 0 Å². The molecule has 2 atom stereocenters. The summed E-state index contributed by atoms with van der Waals surface area (Å²) in [4.78, 5) is 7.53. The number of sulfonamides is 1. The van der Waals surface area contributed by atoms with E-state index in [9.17, 15) is 26.7 Å². The molecule has 1 aromatic carbocycles. The summed E-state index contributed by atoms with van der Waals surface area (Å²) in [6.07, 6.45) is -1.36. The van der Waals surface area contributed by atoms with Crippen LogP contribution in [0, 0.1) is 0 Å². The van der Waals surface area contributed by atoms with Gasteiger partial charge in [0, 0.05) is 12.4 Å². The van der Waals surface area contributed by atoms with E-state index >= 15 is 0 Å². The van der Waals surface area contributed by atoms with E-state index in [1.54, 1.807) is 6.08 Å². The number of alkyl halides is 3. The lowest BCUT2D eigenvalue weighted by Gasteiger charge is -2.21. The first-order valence-electron chi connectivity index (χ1n) is 8.84. The fraction of sp³-hybridized carbons (Fsp3) is 0.263. The van der Waals surface area contributed by atoms with Crippen molar-refractivity contribution in [2.24, 2.45) is 4.99 Å². The van der Waals surface area contributed by atoms with Crippen molar-refractivity contribution in [2.75, 3.05) is 4.72 Å². The number of anilines is 1. The molecule has 2 aromatic rings. The summed E-state index contributed by atoms with van der Waals surface area (Å²) in [5, 5.41) is 10.2. The highest BCUT2D eigenvalue weighted by molar-refractivity contribution is 7.92. The van der Waals surface area contributed by atoms with Crippen molar-refractivity contribution in [1.29, 1.82) is 0 Å². The van der Waals surface area contributed by atoms with Crippen LogP contribution in [0.3, 0.4) is 0 Å². The van der Waals surface area contributed by atoms with Crippen molar-refractivity contribution in [3.05, 3.63) is 63.4 Å². The van der Waals surface area contributed by atoms with E-state index in [1.807, 2.05) is 6.92 Å². The Bertz CT molecular complexity index is 1170. The fourth-order valence-corrected chi connectivity index (χ4v) is 4.44. The van der Waals surface area contributed by atoms with Gasteiger partial charge >= 0.3 is 6.18 Å². The number of rotatable bonds is 5. The summed E-state index contributed by atoms with van der Waals surface area (Å²) in [7, 11) is -4.49. The summed E-state index contributed by atoms with van der Waals surface area (Å²) in [5.74, 6) is 0. The quantitative estimate of drug-likeness (QED) is 0.610. The number of dihydropyridines is 1. The maximum atomic E-state index is 13.1. The summed E-state index contributed by atoms with van der Waals surface area (Å²) < 4.78 is 67.1. The number of pyridine rings is 1. The van der Waals surface area contributed by atoms with Crippen LogP contribution in [0.1, 0.15) is 30.7 Å². The molecule has 3 rings (SSSR count). The van der Waals surface area contributed by atoms with Crippen LogP contribution >= 0.6 is 23.2 Å². The van der Waals surface area contributed by atoms with Gasteiger partial charge in [0.2, 0.25) is 0 Å². The number of aliphatic imine (C=N–C) groups is 1. The Kier molecular flexibility index (Phi) is 6.66. The van der Waals surface area contributed by atoms with Gasteiger partial charge in [-0.05, 0) is 49.3 Å². The minimum atomic E-state index is -4.84. The van der Waals surface area contributed by atoms with E-state index in [2.05, 4.69) is 14.7 Å². The van der Waals surface area contributed by atoms with Crippen molar-refractivity contribution in [2.45, 2.75) is 36.6 Å². The molecule has 0 amide bonds. The first-order valence-corrected chi connectivity index (χ1v) is 11.1. The molecule has 31 heavy (non-hydrogen) atoms. The zero-order valence-corrected chi connectivity index (χ0v) is 18.2. The Morgan fingerprint density at radius 1 is 1.26 bits per heavy atom. The van der Waals surface area contributed by atoms with Gasteiger partial charge in [-0.2, -0.15) is 13.2 Å². The number of nitrogens with zero attached hydrogens (tertiary/aromatic N) is 2. The van der Waals surface area contributed by atoms with E-state index in [0.29, 0.717) is 18.1 Å². The summed E-state index contributed by atoms with van der Waals surface area (Å²) in [5.41, 5.74) is -0.961. The van der Waals surface area contributed by atoms with E-state index in [-0.39, 0.29) is 22.4 Å². The summed E-state index contributed by atoms with van der Waals surface area (Å²) in [6, 6.07) is 3.35. The molecule has 1 aliphatic heterocycles. The topological polar surface area (TPSA) is 91.7 Å². The second kappa shape index (κ2) is 8.78. The van der Waals surface area contributed by atoms with Gasteiger partial charge in [0.1, 0.15) is 6.10 Å². The zero-order chi connectivity index (χ0) is 23.0. The highest BCUT2D eigenvalue weighted by Gasteiger charge is 2.35. The average Bonchev–Trinajstić information content (AvgIpc) is 2.66. The molecule has 0 saturated heterocycles. The van der Waals surface area contributed by atoms with Gasteiger partial charge in [0.05, 0.1) is 37.9 Å². The zero-order valence-electron chi connectivity index (χ0n) is 15.9. The predicted molar refractivity (Wildman–Crippen MR) is 112 cm³/mol. The minimum absolute atomic E-state index is 0.0493. The molecule has 2 heterocycles. The standard InChI is InChI=1S/C19H16Cl2F3N3O3S/c1-10-6-11(4-5-25-10)18(28)17-16(7-12(20)9-26-17)27-31(29,30)13-2-3-15(21)14(8-13)19(22,23)24/h2-5,7-10,18,27-28H,6H2,1H3. The smallest absolute Gasteiger partial charge is 0.382 e. The molecule has 2 N–H and O–H groups in total. The molecule has 0 fully saturated rings. The second-order valence-electron chi connectivity index (χ2n) is 6.83. The molecular formula is C19H16Cl2F3N3O3S. The number of nitrogens with one attached hydrogen (secondary N) is 1. The number of aromatic nitrogens is 1. The van der Waals surface area contributed by atoms with Gasteiger partial charge in [0.15, 0.2) is 0 Å². The van der Waals surface area contributed by atoms with Gasteiger partial charge in [-0.25, -0.2) is 8.42 Å². The number of hydrogen-bond donors (Lipinski definition) is 2. The molecule has 1 aromatic heterocycles. The van der Waals surface area contributed by atoms with Crippen LogP contribution in [-0.4, -0.2) is 30.8 Å². The largest absolute Gasteiger partial charge is 0.417 e. The van der Waals surface area contributed by atoms with Crippen molar-refractivity contribution >= 4 is 45.1 Å². The average molecular weight is 494 g/mol. The van der Waals surface area contributed by atoms with Crippen LogP contribution in [0.15, 0.2) is 52.0 Å². The highest BCUT2D eigenvalue weighted by Crippen LogP contribution is 2.37. The molecule has 166 valence electrons. The molecule has 0 aliphatic carbocycles. The van der Waals surface area contributed by atoms with E-state index in [4.69, 9.17) is 23.2 Å². The maximum Gasteiger partial charge on any atom is 0.417 e. The predicted octanol–water partition coefficient (Wildman–Crippen LogP) is 5.03. The van der Waals surface area contributed by atoms with Crippen LogP contribution in [0.2, 0.25) is 10.0 Å². The van der Waals surface area contributed by atoms with Crippen LogP contribution in [0.4, 0.5) is 18.9 Å². The van der Waals surface area contributed by atoms with Crippen molar-refractivity contribution in [3.63, 3.8) is 0 Å². The van der Waals surface area contributed by atoms with E-state index < -0.39 is 37.8 Å². The summed E-state index contributed by atoms with van der Waals surface area (Å²) in [6.45, 7) is 1.84. The molecule has 0 bridgehead atoms. The number of allylic oxidation sites excluding steroid dienone is 1. The summed E-state index contributed by atoms with van der Waals surface area (Å²) >= 11 is 11.5. The first-order chi connectivity index (χ1) is 14.4. The Morgan fingerprint density at radius 2 is 1.97 bits per heavy atom.